The Morgan fingerprint density at radius 1 is 1.10 bits per heavy atom. The number of nitrogens with one attached hydrogen (secondary N) is 2. The number of ether oxygens (including phenoxy) is 2. The van der Waals surface area contributed by atoms with Crippen LogP contribution in [0.2, 0.25) is 5.02 Å². The standard InChI is InChI=1S/C31H35ClN4O6/c1-2-3-14-33-30(37)21-41-16-17-42-29-9-5-4-7-23(29)20-35-15-6-8-22-18-24(10-13-28(22)35)34-31(38)26-19-25(36(39)40)11-12-27(26)32/h4-5,7,9-13,18-19H,2-3,6,8,14-17,20-21H2,1H3,(H,33,37)(H,34,38). The molecule has 42 heavy (non-hydrogen) atoms. The molecule has 0 saturated heterocycles. The van der Waals surface area contributed by atoms with Crippen LogP contribution in [0, 0.1) is 10.1 Å². The number of rotatable bonds is 14. The summed E-state index contributed by atoms with van der Waals surface area (Å²) in [6.07, 6.45) is 3.77. The fourth-order valence-corrected chi connectivity index (χ4v) is 4.93. The molecule has 1 heterocycles. The van der Waals surface area contributed by atoms with Gasteiger partial charge in [0, 0.05) is 48.7 Å². The van der Waals surface area contributed by atoms with E-state index >= 15 is 0 Å². The van der Waals surface area contributed by atoms with Gasteiger partial charge in [0.05, 0.1) is 22.1 Å². The number of anilines is 2. The van der Waals surface area contributed by atoms with E-state index in [1.807, 2.05) is 42.5 Å². The van der Waals surface area contributed by atoms with Crippen molar-refractivity contribution in [3.8, 4) is 5.75 Å². The maximum absolute atomic E-state index is 12.9. The molecule has 3 aromatic carbocycles. The molecule has 0 bridgehead atoms. The topological polar surface area (TPSA) is 123 Å². The van der Waals surface area contributed by atoms with Crippen molar-refractivity contribution >= 4 is 40.5 Å². The number of hydrogen-bond donors (Lipinski definition) is 2. The first-order chi connectivity index (χ1) is 20.4. The van der Waals surface area contributed by atoms with Crippen molar-refractivity contribution in [3.63, 3.8) is 0 Å². The fraction of sp³-hybridized carbons (Fsp3) is 0.355. The van der Waals surface area contributed by atoms with Crippen molar-refractivity contribution in [2.75, 3.05) is 43.1 Å². The van der Waals surface area contributed by atoms with Crippen molar-refractivity contribution < 1.29 is 24.0 Å². The number of carbonyl (C=O) groups is 2. The molecule has 4 rings (SSSR count). The van der Waals surface area contributed by atoms with E-state index in [0.717, 1.165) is 54.8 Å². The number of aryl methyl sites for hydroxylation is 1. The first-order valence-electron chi connectivity index (χ1n) is 14.0. The minimum Gasteiger partial charge on any atom is -0.491 e. The van der Waals surface area contributed by atoms with Gasteiger partial charge < -0.3 is 25.0 Å². The second-order valence-electron chi connectivity index (χ2n) is 9.96. The van der Waals surface area contributed by atoms with Crippen LogP contribution < -0.4 is 20.3 Å². The molecule has 3 aromatic rings. The average Bonchev–Trinajstić information content (AvgIpc) is 2.98. The lowest BCUT2D eigenvalue weighted by molar-refractivity contribution is -0.384. The number of nitrogens with zero attached hydrogens (tertiary/aromatic N) is 2. The lowest BCUT2D eigenvalue weighted by atomic mass is 10.00. The molecule has 0 spiro atoms. The molecule has 222 valence electrons. The van der Waals surface area contributed by atoms with Gasteiger partial charge in [-0.3, -0.25) is 19.7 Å². The fourth-order valence-electron chi connectivity index (χ4n) is 4.73. The molecule has 0 saturated carbocycles. The Bertz CT molecular complexity index is 1420. The van der Waals surface area contributed by atoms with Gasteiger partial charge in [0.25, 0.3) is 11.6 Å². The Morgan fingerprint density at radius 3 is 2.74 bits per heavy atom. The van der Waals surface area contributed by atoms with E-state index in [9.17, 15) is 19.7 Å². The smallest absolute Gasteiger partial charge is 0.270 e. The highest BCUT2D eigenvalue weighted by Gasteiger charge is 2.21. The van der Waals surface area contributed by atoms with Crippen LogP contribution >= 0.6 is 11.6 Å². The number of halogens is 1. The number of benzene rings is 3. The zero-order valence-electron chi connectivity index (χ0n) is 23.6. The van der Waals surface area contributed by atoms with Gasteiger partial charge in [-0.05, 0) is 55.2 Å². The highest BCUT2D eigenvalue weighted by atomic mass is 35.5. The van der Waals surface area contributed by atoms with Crippen LogP contribution in [0.3, 0.4) is 0 Å². The Labute approximate surface area is 250 Å². The van der Waals surface area contributed by atoms with Crippen LogP contribution in [0.1, 0.15) is 47.7 Å². The SMILES string of the molecule is CCCCNC(=O)COCCOc1ccccc1CN1CCCc2cc(NC(=O)c3cc([N+](=O)[O-])ccc3Cl)ccc21. The summed E-state index contributed by atoms with van der Waals surface area (Å²) < 4.78 is 11.5. The Morgan fingerprint density at radius 2 is 1.93 bits per heavy atom. The number of unbranched alkanes of at least 4 members (excludes halogenated alkanes) is 1. The summed E-state index contributed by atoms with van der Waals surface area (Å²) in [7, 11) is 0. The van der Waals surface area contributed by atoms with Crippen LogP contribution in [0.4, 0.5) is 17.1 Å². The summed E-state index contributed by atoms with van der Waals surface area (Å²) in [5.41, 5.74) is 3.62. The third-order valence-electron chi connectivity index (χ3n) is 6.86. The highest BCUT2D eigenvalue weighted by molar-refractivity contribution is 6.34. The Balaban J connectivity index is 1.35. The normalized spacial score (nSPS) is 12.4. The van der Waals surface area contributed by atoms with Gasteiger partial charge in [-0.2, -0.15) is 0 Å². The first kappa shape index (κ1) is 30.8. The van der Waals surface area contributed by atoms with E-state index in [1.54, 1.807) is 0 Å². The summed E-state index contributed by atoms with van der Waals surface area (Å²) >= 11 is 6.14. The molecule has 1 aliphatic heterocycles. The molecule has 0 unspecified atom stereocenters. The summed E-state index contributed by atoms with van der Waals surface area (Å²) in [5.74, 6) is 0.130. The monoisotopic (exact) mass is 594 g/mol. The number of non-ortho nitro benzene ring substituents is 1. The average molecular weight is 595 g/mol. The van der Waals surface area contributed by atoms with Crippen molar-refractivity contribution in [2.45, 2.75) is 39.2 Å². The third-order valence-corrected chi connectivity index (χ3v) is 7.19. The molecule has 10 nitrogen and oxygen atoms in total. The molecule has 0 aromatic heterocycles. The predicted molar refractivity (Wildman–Crippen MR) is 163 cm³/mol. The summed E-state index contributed by atoms with van der Waals surface area (Å²) in [6, 6.07) is 17.4. The van der Waals surface area contributed by atoms with Crippen LogP contribution in [0.5, 0.6) is 5.75 Å². The predicted octanol–water partition coefficient (Wildman–Crippen LogP) is 5.77. The van der Waals surface area contributed by atoms with E-state index < -0.39 is 10.8 Å². The van der Waals surface area contributed by atoms with Crippen LogP contribution in [-0.4, -0.2) is 49.6 Å². The molecule has 11 heteroatoms. The molecule has 2 amide bonds. The van der Waals surface area contributed by atoms with E-state index in [4.69, 9.17) is 21.1 Å². The highest BCUT2D eigenvalue weighted by Crippen LogP contribution is 2.33. The maximum atomic E-state index is 12.9. The number of para-hydroxylation sites is 1. The van der Waals surface area contributed by atoms with E-state index in [1.165, 1.54) is 18.2 Å². The van der Waals surface area contributed by atoms with Crippen molar-refractivity contribution in [3.05, 3.63) is 92.5 Å². The van der Waals surface area contributed by atoms with Gasteiger partial charge in [-0.1, -0.05) is 43.1 Å². The summed E-state index contributed by atoms with van der Waals surface area (Å²) in [5, 5.41) is 16.9. The van der Waals surface area contributed by atoms with Crippen molar-refractivity contribution in [1.29, 1.82) is 0 Å². The van der Waals surface area contributed by atoms with Gasteiger partial charge in [0.1, 0.15) is 19.0 Å². The number of carbonyl (C=O) groups excluding carboxylic acids is 2. The number of hydrogen-bond acceptors (Lipinski definition) is 7. The van der Waals surface area contributed by atoms with Crippen LogP contribution in [-0.2, 0) is 22.5 Å². The number of nitro benzene ring substituents is 1. The number of amides is 2. The minimum absolute atomic E-state index is 0.0139. The third kappa shape index (κ3) is 8.43. The van der Waals surface area contributed by atoms with Crippen LogP contribution in [0.25, 0.3) is 0 Å². The molecular weight excluding hydrogens is 560 g/mol. The number of fused-ring (bicyclic) bond motifs is 1. The van der Waals surface area contributed by atoms with Gasteiger partial charge in [-0.25, -0.2) is 0 Å². The molecular formula is C31H35ClN4O6. The first-order valence-corrected chi connectivity index (χ1v) is 14.4. The Kier molecular flexibility index (Phi) is 11.1. The zero-order valence-corrected chi connectivity index (χ0v) is 24.3. The quantitative estimate of drug-likeness (QED) is 0.138. The van der Waals surface area contributed by atoms with Gasteiger partial charge in [0.15, 0.2) is 0 Å². The lowest BCUT2D eigenvalue weighted by Crippen LogP contribution is -2.29. The van der Waals surface area contributed by atoms with Gasteiger partial charge in [0.2, 0.25) is 5.91 Å². The molecule has 0 radical (unpaired) electrons. The Hall–Kier alpha value is -4.15. The molecule has 2 N–H and O–H groups in total. The second-order valence-corrected chi connectivity index (χ2v) is 10.4. The number of nitro groups is 1. The lowest BCUT2D eigenvalue weighted by Gasteiger charge is -2.32. The van der Waals surface area contributed by atoms with Gasteiger partial charge >= 0.3 is 0 Å². The van der Waals surface area contributed by atoms with E-state index in [2.05, 4.69) is 22.5 Å². The summed E-state index contributed by atoms with van der Waals surface area (Å²) in [6.45, 7) is 4.88. The van der Waals surface area contributed by atoms with Crippen molar-refractivity contribution in [2.24, 2.45) is 0 Å². The second kappa shape index (κ2) is 15.2. The van der Waals surface area contributed by atoms with Crippen molar-refractivity contribution in [1.82, 2.24) is 5.32 Å². The summed E-state index contributed by atoms with van der Waals surface area (Å²) in [4.78, 5) is 37.5. The molecule has 0 atom stereocenters. The zero-order chi connectivity index (χ0) is 29.9. The van der Waals surface area contributed by atoms with E-state index in [-0.39, 0.29) is 28.8 Å². The molecule has 1 aliphatic rings. The van der Waals surface area contributed by atoms with E-state index in [0.29, 0.717) is 32.0 Å². The minimum atomic E-state index is -0.562. The maximum Gasteiger partial charge on any atom is 0.270 e. The van der Waals surface area contributed by atoms with Crippen LogP contribution in [0.15, 0.2) is 60.7 Å². The largest absolute Gasteiger partial charge is 0.491 e. The molecule has 0 fully saturated rings. The van der Waals surface area contributed by atoms with Gasteiger partial charge in [-0.15, -0.1) is 0 Å². The molecule has 0 aliphatic carbocycles.